The smallest absolute Gasteiger partial charge is 0.407 e. The number of ether oxygens (including phenoxy) is 2. The van der Waals surface area contributed by atoms with Crippen LogP contribution in [0, 0.1) is 0 Å². The van der Waals surface area contributed by atoms with Crippen LogP contribution in [0.4, 0.5) is 4.79 Å². The van der Waals surface area contributed by atoms with Crippen molar-refractivity contribution in [2.24, 2.45) is 0 Å². The molecule has 2 rings (SSSR count). The van der Waals surface area contributed by atoms with E-state index in [-0.39, 0.29) is 17.7 Å². The molecule has 0 bridgehead atoms. The van der Waals surface area contributed by atoms with Gasteiger partial charge in [0.05, 0.1) is 6.54 Å². The molecule has 1 aliphatic heterocycles. The van der Waals surface area contributed by atoms with Gasteiger partial charge in [-0.05, 0) is 38.5 Å². The zero-order chi connectivity index (χ0) is 14.6. The molecule has 20 heavy (non-hydrogen) atoms. The van der Waals surface area contributed by atoms with Crippen molar-refractivity contribution < 1.29 is 14.3 Å². The second kappa shape index (κ2) is 6.13. The van der Waals surface area contributed by atoms with Crippen molar-refractivity contribution in [3.8, 4) is 5.75 Å². The Labute approximate surface area is 119 Å². The predicted molar refractivity (Wildman–Crippen MR) is 76.8 cm³/mol. The standard InChI is InChI=1S/C15H22N2O3/c1-15(2,3)17-8-11-5-4-6-12(7-11)19-10-13-9-16-14(18)20-13/h4-7,13,17H,8-10H2,1-3H3,(H,16,18). The molecule has 110 valence electrons. The Kier molecular flexibility index (Phi) is 4.49. The van der Waals surface area contributed by atoms with Crippen molar-refractivity contribution in [2.75, 3.05) is 13.2 Å². The molecule has 2 N–H and O–H groups in total. The summed E-state index contributed by atoms with van der Waals surface area (Å²) in [5.74, 6) is 0.793. The third-order valence-corrected chi connectivity index (χ3v) is 2.90. The van der Waals surface area contributed by atoms with E-state index in [1.807, 2.05) is 18.2 Å². The van der Waals surface area contributed by atoms with E-state index < -0.39 is 0 Å². The molecule has 1 fully saturated rings. The fourth-order valence-electron chi connectivity index (χ4n) is 1.83. The second-order valence-corrected chi connectivity index (χ2v) is 5.97. The van der Waals surface area contributed by atoms with Crippen molar-refractivity contribution in [1.82, 2.24) is 10.6 Å². The Morgan fingerprint density at radius 1 is 1.45 bits per heavy atom. The summed E-state index contributed by atoms with van der Waals surface area (Å²) in [7, 11) is 0. The highest BCUT2D eigenvalue weighted by molar-refractivity contribution is 5.69. The number of nitrogens with one attached hydrogen (secondary N) is 2. The Morgan fingerprint density at radius 3 is 2.90 bits per heavy atom. The van der Waals surface area contributed by atoms with Crippen LogP contribution in [0.25, 0.3) is 0 Å². The van der Waals surface area contributed by atoms with E-state index in [4.69, 9.17) is 9.47 Å². The summed E-state index contributed by atoms with van der Waals surface area (Å²) in [5.41, 5.74) is 1.25. The van der Waals surface area contributed by atoms with Gasteiger partial charge in [-0.15, -0.1) is 0 Å². The molecular formula is C15H22N2O3. The minimum atomic E-state index is -0.373. The minimum absolute atomic E-state index is 0.0839. The quantitative estimate of drug-likeness (QED) is 0.865. The number of hydrogen-bond donors (Lipinski definition) is 2. The van der Waals surface area contributed by atoms with Gasteiger partial charge in [-0.2, -0.15) is 0 Å². The monoisotopic (exact) mass is 278 g/mol. The lowest BCUT2D eigenvalue weighted by atomic mass is 10.1. The van der Waals surface area contributed by atoms with Gasteiger partial charge in [0.2, 0.25) is 0 Å². The summed E-state index contributed by atoms with van der Waals surface area (Å²) in [6, 6.07) is 7.93. The zero-order valence-electron chi connectivity index (χ0n) is 12.2. The number of carbonyl (C=O) groups is 1. The summed E-state index contributed by atoms with van der Waals surface area (Å²) in [5, 5.41) is 6.04. The average molecular weight is 278 g/mol. The zero-order valence-corrected chi connectivity index (χ0v) is 12.2. The van der Waals surface area contributed by atoms with E-state index in [0.29, 0.717) is 13.2 Å². The van der Waals surface area contributed by atoms with Gasteiger partial charge in [-0.25, -0.2) is 4.79 Å². The van der Waals surface area contributed by atoms with Crippen LogP contribution in [0.15, 0.2) is 24.3 Å². The van der Waals surface area contributed by atoms with Gasteiger partial charge < -0.3 is 20.1 Å². The molecule has 0 aromatic heterocycles. The van der Waals surface area contributed by atoms with Gasteiger partial charge in [0.15, 0.2) is 6.10 Å². The summed E-state index contributed by atoms with van der Waals surface area (Å²) >= 11 is 0. The van der Waals surface area contributed by atoms with Crippen molar-refractivity contribution in [3.63, 3.8) is 0 Å². The molecule has 1 aromatic rings. The number of hydrogen-bond acceptors (Lipinski definition) is 4. The Balaban J connectivity index is 1.84. The van der Waals surface area contributed by atoms with E-state index >= 15 is 0 Å². The maximum Gasteiger partial charge on any atom is 0.407 e. The molecule has 1 atom stereocenters. The third-order valence-electron chi connectivity index (χ3n) is 2.90. The first-order valence-electron chi connectivity index (χ1n) is 6.84. The first kappa shape index (κ1) is 14.7. The minimum Gasteiger partial charge on any atom is -0.490 e. The van der Waals surface area contributed by atoms with E-state index in [1.165, 1.54) is 5.56 Å². The van der Waals surface area contributed by atoms with E-state index in [1.54, 1.807) is 0 Å². The molecule has 0 saturated carbocycles. The Bertz CT molecular complexity index is 468. The highest BCUT2D eigenvalue weighted by atomic mass is 16.6. The van der Waals surface area contributed by atoms with Crippen LogP contribution in [0.1, 0.15) is 26.3 Å². The molecule has 0 aliphatic carbocycles. The summed E-state index contributed by atoms with van der Waals surface area (Å²) in [6.45, 7) is 8.07. The van der Waals surface area contributed by atoms with Crippen LogP contribution >= 0.6 is 0 Å². The Hall–Kier alpha value is -1.75. The third kappa shape index (κ3) is 4.74. The molecule has 1 unspecified atom stereocenters. The molecular weight excluding hydrogens is 256 g/mol. The molecule has 5 nitrogen and oxygen atoms in total. The highest BCUT2D eigenvalue weighted by Gasteiger charge is 2.22. The summed E-state index contributed by atoms with van der Waals surface area (Å²) < 4.78 is 10.7. The van der Waals surface area contributed by atoms with Crippen molar-refractivity contribution >= 4 is 6.09 Å². The van der Waals surface area contributed by atoms with Crippen molar-refractivity contribution in [1.29, 1.82) is 0 Å². The van der Waals surface area contributed by atoms with Crippen molar-refractivity contribution in [2.45, 2.75) is 39.0 Å². The molecule has 0 spiro atoms. The Morgan fingerprint density at radius 2 is 2.25 bits per heavy atom. The van der Waals surface area contributed by atoms with Gasteiger partial charge in [0.1, 0.15) is 12.4 Å². The fraction of sp³-hybridized carbons (Fsp3) is 0.533. The average Bonchev–Trinajstić information content (AvgIpc) is 2.80. The lowest BCUT2D eigenvalue weighted by molar-refractivity contribution is 0.105. The van der Waals surface area contributed by atoms with Gasteiger partial charge >= 0.3 is 6.09 Å². The normalized spacial score (nSPS) is 18.6. The molecule has 1 heterocycles. The maximum absolute atomic E-state index is 10.9. The second-order valence-electron chi connectivity index (χ2n) is 5.97. The number of amides is 1. The molecule has 5 heteroatoms. The fourth-order valence-corrected chi connectivity index (χ4v) is 1.83. The largest absolute Gasteiger partial charge is 0.490 e. The van der Waals surface area contributed by atoms with Crippen LogP contribution in [0.3, 0.4) is 0 Å². The van der Waals surface area contributed by atoms with Crippen LogP contribution in [-0.4, -0.2) is 30.9 Å². The summed E-state index contributed by atoms with van der Waals surface area (Å²) in [4.78, 5) is 10.9. The van der Waals surface area contributed by atoms with E-state index in [9.17, 15) is 4.79 Å². The topological polar surface area (TPSA) is 59.6 Å². The SMILES string of the molecule is CC(C)(C)NCc1cccc(OCC2CNC(=O)O2)c1. The van der Waals surface area contributed by atoms with Gasteiger partial charge in [-0.3, -0.25) is 0 Å². The van der Waals surface area contributed by atoms with Crippen molar-refractivity contribution in [3.05, 3.63) is 29.8 Å². The predicted octanol–water partition coefficient (Wildman–Crippen LogP) is 2.06. The number of rotatable bonds is 5. The van der Waals surface area contributed by atoms with Crippen LogP contribution in [-0.2, 0) is 11.3 Å². The lowest BCUT2D eigenvalue weighted by Gasteiger charge is -2.20. The first-order chi connectivity index (χ1) is 9.42. The number of alkyl carbamates (subject to hydrolysis) is 1. The van der Waals surface area contributed by atoms with Crippen LogP contribution < -0.4 is 15.4 Å². The first-order valence-corrected chi connectivity index (χ1v) is 6.84. The molecule has 1 aliphatic rings. The molecule has 1 aromatic carbocycles. The number of benzene rings is 1. The molecule has 0 radical (unpaired) electrons. The number of cyclic esters (lactones) is 1. The summed E-state index contributed by atoms with van der Waals surface area (Å²) in [6.07, 6.45) is -0.583. The highest BCUT2D eigenvalue weighted by Crippen LogP contribution is 2.15. The van der Waals surface area contributed by atoms with Gasteiger partial charge in [-0.1, -0.05) is 12.1 Å². The lowest BCUT2D eigenvalue weighted by Crippen LogP contribution is -2.35. The molecule has 1 saturated heterocycles. The molecule has 1 amide bonds. The van der Waals surface area contributed by atoms with Crippen LogP contribution in [0.2, 0.25) is 0 Å². The van der Waals surface area contributed by atoms with Gasteiger partial charge in [0, 0.05) is 12.1 Å². The number of carbonyl (C=O) groups excluding carboxylic acids is 1. The van der Waals surface area contributed by atoms with E-state index in [2.05, 4.69) is 37.5 Å². The van der Waals surface area contributed by atoms with Gasteiger partial charge in [0.25, 0.3) is 0 Å². The van der Waals surface area contributed by atoms with Crippen LogP contribution in [0.5, 0.6) is 5.75 Å². The van der Waals surface area contributed by atoms with E-state index in [0.717, 1.165) is 12.3 Å². The maximum atomic E-state index is 10.9.